The third kappa shape index (κ3) is 3.51. The fraction of sp³-hybridized carbons (Fsp3) is 0.357. The van der Waals surface area contributed by atoms with E-state index < -0.39 is 28.7 Å². The molecule has 24 heavy (non-hydrogen) atoms. The van der Waals surface area contributed by atoms with E-state index >= 15 is 0 Å². The SMILES string of the molecule is CCOCC1=C(C)C(=O)N(Nc2ccc(C(F)(F)F)c(Cl)n2)C1=O. The molecular weight excluding hydrogens is 351 g/mol. The summed E-state index contributed by atoms with van der Waals surface area (Å²) >= 11 is 5.51. The van der Waals surface area contributed by atoms with Gasteiger partial charge in [0, 0.05) is 12.2 Å². The predicted molar refractivity (Wildman–Crippen MR) is 78.9 cm³/mol. The van der Waals surface area contributed by atoms with Crippen LogP contribution in [0.1, 0.15) is 19.4 Å². The Hall–Kier alpha value is -2.13. The molecule has 1 aliphatic heterocycles. The fourth-order valence-corrected chi connectivity index (χ4v) is 2.24. The van der Waals surface area contributed by atoms with Crippen LogP contribution < -0.4 is 5.43 Å². The minimum Gasteiger partial charge on any atom is -0.377 e. The number of amides is 2. The number of aromatic nitrogens is 1. The molecule has 0 radical (unpaired) electrons. The minimum absolute atomic E-state index is 0.0354. The second kappa shape index (κ2) is 6.78. The topological polar surface area (TPSA) is 71.5 Å². The fourth-order valence-electron chi connectivity index (χ4n) is 1.98. The van der Waals surface area contributed by atoms with Crippen LogP contribution in [-0.4, -0.2) is 35.0 Å². The highest BCUT2D eigenvalue weighted by Crippen LogP contribution is 2.34. The summed E-state index contributed by atoms with van der Waals surface area (Å²) in [5, 5.41) is -0.124. The van der Waals surface area contributed by atoms with Gasteiger partial charge in [0.05, 0.1) is 17.7 Å². The van der Waals surface area contributed by atoms with E-state index in [1.165, 1.54) is 6.92 Å². The number of nitrogens with zero attached hydrogens (tertiary/aromatic N) is 2. The standard InChI is InChI=1S/C14H13ClF3N3O3/c1-3-24-6-8-7(2)12(22)21(13(8)23)20-10-5-4-9(11(15)19-10)14(16,17)18/h4-5H,3,6H2,1-2H3,(H,19,20). The van der Waals surface area contributed by atoms with Gasteiger partial charge in [-0.15, -0.1) is 0 Å². The molecule has 0 fully saturated rings. The van der Waals surface area contributed by atoms with E-state index in [4.69, 9.17) is 16.3 Å². The maximum atomic E-state index is 12.6. The van der Waals surface area contributed by atoms with Crippen molar-refractivity contribution in [3.63, 3.8) is 0 Å². The van der Waals surface area contributed by atoms with Crippen molar-refractivity contribution in [3.05, 3.63) is 34.0 Å². The van der Waals surface area contributed by atoms with E-state index in [2.05, 4.69) is 10.4 Å². The summed E-state index contributed by atoms with van der Waals surface area (Å²) in [5.74, 6) is -1.45. The van der Waals surface area contributed by atoms with Gasteiger partial charge in [-0.25, -0.2) is 4.98 Å². The average molecular weight is 364 g/mol. The maximum absolute atomic E-state index is 12.6. The monoisotopic (exact) mass is 363 g/mol. The molecule has 0 bridgehead atoms. The molecule has 0 saturated heterocycles. The Morgan fingerprint density at radius 3 is 2.50 bits per heavy atom. The molecular formula is C14H13ClF3N3O3. The molecule has 0 aromatic carbocycles. The van der Waals surface area contributed by atoms with Gasteiger partial charge < -0.3 is 4.74 Å². The zero-order valence-electron chi connectivity index (χ0n) is 12.7. The van der Waals surface area contributed by atoms with Crippen LogP contribution >= 0.6 is 11.6 Å². The number of anilines is 1. The Balaban J connectivity index is 2.19. The van der Waals surface area contributed by atoms with Crippen LogP contribution in [0.15, 0.2) is 23.3 Å². The molecule has 1 aromatic heterocycles. The van der Waals surface area contributed by atoms with Crippen LogP contribution in [0.5, 0.6) is 0 Å². The van der Waals surface area contributed by atoms with Gasteiger partial charge in [-0.2, -0.15) is 18.2 Å². The van der Waals surface area contributed by atoms with Crippen LogP contribution in [0, 0.1) is 0 Å². The number of rotatable bonds is 5. The molecule has 0 saturated carbocycles. The van der Waals surface area contributed by atoms with Gasteiger partial charge in [-0.05, 0) is 26.0 Å². The van der Waals surface area contributed by atoms with Crippen molar-refractivity contribution in [2.45, 2.75) is 20.0 Å². The van der Waals surface area contributed by atoms with Crippen molar-refractivity contribution in [1.82, 2.24) is 9.99 Å². The average Bonchev–Trinajstić information content (AvgIpc) is 2.68. The number of hydrazine groups is 1. The maximum Gasteiger partial charge on any atom is 0.419 e. The van der Waals surface area contributed by atoms with Crippen molar-refractivity contribution >= 4 is 29.2 Å². The molecule has 0 aliphatic carbocycles. The van der Waals surface area contributed by atoms with E-state index in [-0.39, 0.29) is 23.6 Å². The van der Waals surface area contributed by atoms with E-state index in [0.29, 0.717) is 17.7 Å². The first-order valence-electron chi connectivity index (χ1n) is 6.83. The van der Waals surface area contributed by atoms with Crippen LogP contribution in [-0.2, 0) is 20.5 Å². The van der Waals surface area contributed by atoms with Crippen molar-refractivity contribution < 1.29 is 27.5 Å². The molecule has 0 atom stereocenters. The van der Waals surface area contributed by atoms with Crippen molar-refractivity contribution in [2.75, 3.05) is 18.6 Å². The third-order valence-corrected chi connectivity index (χ3v) is 3.56. The second-order valence-electron chi connectivity index (χ2n) is 4.83. The van der Waals surface area contributed by atoms with Crippen LogP contribution in [0.2, 0.25) is 5.15 Å². The molecule has 130 valence electrons. The lowest BCUT2D eigenvalue weighted by Crippen LogP contribution is -2.37. The number of carbonyl (C=O) groups excluding carboxylic acids is 2. The van der Waals surface area contributed by atoms with Gasteiger partial charge >= 0.3 is 6.18 Å². The Morgan fingerprint density at radius 2 is 1.96 bits per heavy atom. The number of nitrogens with one attached hydrogen (secondary N) is 1. The Kier molecular flexibility index (Phi) is 5.14. The zero-order valence-corrected chi connectivity index (χ0v) is 13.5. The quantitative estimate of drug-likeness (QED) is 0.643. The number of hydrogen-bond donors (Lipinski definition) is 1. The molecule has 2 heterocycles. The van der Waals surface area contributed by atoms with Gasteiger partial charge in [0.15, 0.2) is 0 Å². The molecule has 0 spiro atoms. The molecule has 2 rings (SSSR count). The number of alkyl halides is 3. The first-order chi connectivity index (χ1) is 11.2. The molecule has 1 N–H and O–H groups in total. The highest BCUT2D eigenvalue weighted by atomic mass is 35.5. The number of hydrogen-bond acceptors (Lipinski definition) is 5. The van der Waals surface area contributed by atoms with E-state index in [1.54, 1.807) is 6.92 Å². The predicted octanol–water partition coefficient (Wildman–Crippen LogP) is 2.80. The number of ether oxygens (including phenoxy) is 1. The number of carbonyl (C=O) groups is 2. The molecule has 0 unspecified atom stereocenters. The van der Waals surface area contributed by atoms with E-state index in [9.17, 15) is 22.8 Å². The van der Waals surface area contributed by atoms with E-state index in [1.807, 2.05) is 0 Å². The second-order valence-corrected chi connectivity index (χ2v) is 5.19. The smallest absolute Gasteiger partial charge is 0.377 e. The Bertz CT molecular complexity index is 719. The molecule has 6 nitrogen and oxygen atoms in total. The van der Waals surface area contributed by atoms with E-state index in [0.717, 1.165) is 6.07 Å². The number of halogens is 4. The van der Waals surface area contributed by atoms with Crippen molar-refractivity contribution in [2.24, 2.45) is 0 Å². The van der Waals surface area contributed by atoms with Gasteiger partial charge in [-0.3, -0.25) is 15.0 Å². The summed E-state index contributed by atoms with van der Waals surface area (Å²) in [6.07, 6.45) is -4.65. The third-order valence-electron chi connectivity index (χ3n) is 3.27. The lowest BCUT2D eigenvalue weighted by molar-refractivity contribution is -0.138. The molecule has 1 aliphatic rings. The minimum atomic E-state index is -4.65. The lowest BCUT2D eigenvalue weighted by Gasteiger charge is -2.17. The molecule has 2 amide bonds. The van der Waals surface area contributed by atoms with Crippen LogP contribution in [0.4, 0.5) is 19.0 Å². The molecule has 1 aromatic rings. The number of imide groups is 1. The largest absolute Gasteiger partial charge is 0.419 e. The highest BCUT2D eigenvalue weighted by molar-refractivity contribution is 6.30. The van der Waals surface area contributed by atoms with Gasteiger partial charge in [0.25, 0.3) is 11.8 Å². The first-order valence-corrected chi connectivity index (χ1v) is 7.21. The number of pyridine rings is 1. The Labute approximate surface area is 140 Å². The van der Waals surface area contributed by atoms with Crippen molar-refractivity contribution in [3.8, 4) is 0 Å². The van der Waals surface area contributed by atoms with Crippen LogP contribution in [0.3, 0.4) is 0 Å². The zero-order chi connectivity index (χ0) is 18.1. The van der Waals surface area contributed by atoms with Gasteiger partial charge in [0.2, 0.25) is 0 Å². The van der Waals surface area contributed by atoms with Crippen molar-refractivity contribution in [1.29, 1.82) is 0 Å². The van der Waals surface area contributed by atoms with Crippen LogP contribution in [0.25, 0.3) is 0 Å². The summed E-state index contributed by atoms with van der Waals surface area (Å²) in [5.41, 5.74) is 1.63. The summed E-state index contributed by atoms with van der Waals surface area (Å²) in [6, 6.07) is 1.69. The summed E-state index contributed by atoms with van der Waals surface area (Å²) in [6.45, 7) is 3.53. The Morgan fingerprint density at radius 1 is 1.29 bits per heavy atom. The normalized spacial score (nSPS) is 15.5. The molecule has 10 heteroatoms. The summed E-state index contributed by atoms with van der Waals surface area (Å²) in [7, 11) is 0. The summed E-state index contributed by atoms with van der Waals surface area (Å²) < 4.78 is 43.1. The van der Waals surface area contributed by atoms with Gasteiger partial charge in [-0.1, -0.05) is 11.6 Å². The summed E-state index contributed by atoms with van der Waals surface area (Å²) in [4.78, 5) is 27.8. The van der Waals surface area contributed by atoms with Gasteiger partial charge in [0.1, 0.15) is 11.0 Å². The first kappa shape index (κ1) is 18.2. The highest BCUT2D eigenvalue weighted by Gasteiger charge is 2.37. The lowest BCUT2D eigenvalue weighted by atomic mass is 10.2.